The Morgan fingerprint density at radius 1 is 1.43 bits per heavy atom. The number of nitrogens with zero attached hydrogens (tertiary/aromatic N) is 1. The van der Waals surface area contributed by atoms with E-state index in [-0.39, 0.29) is 17.2 Å². The minimum absolute atomic E-state index is 0.0982. The van der Waals surface area contributed by atoms with Gasteiger partial charge >= 0.3 is 5.97 Å². The number of β-lactam (4-membered cyclic amide) rings is 1. The second-order valence-corrected chi connectivity index (χ2v) is 6.03. The normalized spacial score (nSPS) is 25.6. The molecule has 8 heteroatoms. The van der Waals surface area contributed by atoms with Gasteiger partial charge in [0, 0.05) is 22.7 Å². The van der Waals surface area contributed by atoms with Gasteiger partial charge in [-0.1, -0.05) is 11.8 Å². The van der Waals surface area contributed by atoms with Crippen molar-refractivity contribution in [1.29, 1.82) is 0 Å². The lowest BCUT2D eigenvalue weighted by Gasteiger charge is -2.43. The van der Waals surface area contributed by atoms with Gasteiger partial charge in [0.15, 0.2) is 0 Å². The monoisotopic (exact) mass is 308 g/mol. The largest absolute Gasteiger partial charge is 0.477 e. The lowest BCUT2D eigenvalue weighted by Crippen LogP contribution is -2.60. The Bertz CT molecular complexity index is 703. The lowest BCUT2D eigenvalue weighted by molar-refractivity contribution is -0.156. The van der Waals surface area contributed by atoms with Gasteiger partial charge in [-0.05, 0) is 13.0 Å². The van der Waals surface area contributed by atoms with E-state index >= 15 is 0 Å². The van der Waals surface area contributed by atoms with Gasteiger partial charge in [0.05, 0.1) is 12.0 Å². The Kier molecular flexibility index (Phi) is 3.14. The molecule has 0 aliphatic carbocycles. The summed E-state index contributed by atoms with van der Waals surface area (Å²) in [6, 6.07) is 2.81. The van der Waals surface area contributed by atoms with Crippen LogP contribution in [0.4, 0.5) is 0 Å². The average Bonchev–Trinajstić information content (AvgIpc) is 2.74. The number of carbonyl (C=O) groups is 2. The Hall–Kier alpha value is -2.06. The van der Waals surface area contributed by atoms with E-state index in [9.17, 15) is 24.6 Å². The third kappa shape index (κ3) is 1.98. The molecule has 1 aromatic heterocycles. The molecule has 1 aromatic rings. The SMILES string of the molecule is C[C@@H](O)[C@H]1C(=O)N2C(C(=O)O)=C(c3ccc(=O)[nH]c3)S[C@H]12. The first-order chi connectivity index (χ1) is 9.91. The molecule has 0 radical (unpaired) electrons. The zero-order valence-corrected chi connectivity index (χ0v) is 11.8. The van der Waals surface area contributed by atoms with Crippen molar-refractivity contribution in [2.75, 3.05) is 0 Å². The maximum Gasteiger partial charge on any atom is 0.353 e. The number of pyridine rings is 1. The fraction of sp³-hybridized carbons (Fsp3) is 0.308. The van der Waals surface area contributed by atoms with Gasteiger partial charge in [-0.15, -0.1) is 0 Å². The quantitative estimate of drug-likeness (QED) is 0.680. The van der Waals surface area contributed by atoms with Gasteiger partial charge in [0.1, 0.15) is 11.1 Å². The van der Waals surface area contributed by atoms with Gasteiger partial charge in [-0.2, -0.15) is 0 Å². The number of thioether (sulfide) groups is 1. The number of hydrogen-bond acceptors (Lipinski definition) is 5. The third-order valence-corrected chi connectivity index (χ3v) is 4.96. The summed E-state index contributed by atoms with van der Waals surface area (Å²) in [5.41, 5.74) is 0.142. The molecule has 21 heavy (non-hydrogen) atoms. The van der Waals surface area contributed by atoms with E-state index in [2.05, 4.69) is 4.98 Å². The molecule has 2 aliphatic rings. The zero-order chi connectivity index (χ0) is 15.3. The van der Waals surface area contributed by atoms with E-state index in [1.807, 2.05) is 0 Å². The molecule has 7 nitrogen and oxygen atoms in total. The van der Waals surface area contributed by atoms with Gasteiger partial charge < -0.3 is 15.2 Å². The van der Waals surface area contributed by atoms with Crippen LogP contribution in [0.15, 0.2) is 28.8 Å². The lowest BCUT2D eigenvalue weighted by atomic mass is 9.92. The van der Waals surface area contributed by atoms with Crippen LogP contribution in [-0.2, 0) is 9.59 Å². The molecule has 0 bridgehead atoms. The number of carboxylic acids is 1. The number of H-pyrrole nitrogens is 1. The number of carbonyl (C=O) groups excluding carboxylic acids is 1. The fourth-order valence-corrected chi connectivity index (χ4v) is 4.14. The van der Waals surface area contributed by atoms with Crippen molar-refractivity contribution >= 4 is 28.5 Å². The molecule has 3 N–H and O–H groups in total. The van der Waals surface area contributed by atoms with E-state index in [0.717, 1.165) is 0 Å². The highest BCUT2D eigenvalue weighted by atomic mass is 32.2. The van der Waals surface area contributed by atoms with Crippen molar-refractivity contribution in [2.24, 2.45) is 5.92 Å². The van der Waals surface area contributed by atoms with Gasteiger partial charge in [0.2, 0.25) is 11.5 Å². The summed E-state index contributed by atoms with van der Waals surface area (Å²) in [5.74, 6) is -2.20. The molecule has 0 aromatic carbocycles. The molecule has 110 valence electrons. The molecule has 3 heterocycles. The molecule has 1 amide bonds. The first-order valence-corrected chi connectivity index (χ1v) is 7.14. The summed E-state index contributed by atoms with van der Waals surface area (Å²) in [6.07, 6.45) is 0.581. The smallest absolute Gasteiger partial charge is 0.353 e. The van der Waals surface area contributed by atoms with Crippen LogP contribution in [0, 0.1) is 5.92 Å². The van der Waals surface area contributed by atoms with Crippen LogP contribution in [0.1, 0.15) is 12.5 Å². The van der Waals surface area contributed by atoms with Crippen LogP contribution in [0.25, 0.3) is 4.91 Å². The van der Waals surface area contributed by atoms with E-state index in [1.54, 1.807) is 0 Å². The first-order valence-electron chi connectivity index (χ1n) is 6.26. The molecule has 1 fully saturated rings. The maximum atomic E-state index is 12.0. The summed E-state index contributed by atoms with van der Waals surface area (Å²) in [7, 11) is 0. The van der Waals surface area contributed by atoms with Crippen molar-refractivity contribution < 1.29 is 19.8 Å². The summed E-state index contributed by atoms with van der Waals surface area (Å²) < 4.78 is 0. The number of aliphatic hydroxyl groups is 1. The third-order valence-electron chi connectivity index (χ3n) is 3.55. The molecule has 0 saturated carbocycles. The zero-order valence-electron chi connectivity index (χ0n) is 10.9. The highest BCUT2D eigenvalue weighted by Crippen LogP contribution is 2.53. The number of fused-ring (bicyclic) bond motifs is 1. The van der Waals surface area contributed by atoms with E-state index in [1.165, 1.54) is 41.9 Å². The Balaban J connectivity index is 2.04. The highest BCUT2D eigenvalue weighted by molar-refractivity contribution is 8.09. The van der Waals surface area contributed by atoms with Crippen LogP contribution in [0.5, 0.6) is 0 Å². The van der Waals surface area contributed by atoms with Crippen molar-refractivity contribution in [1.82, 2.24) is 9.88 Å². The topological polar surface area (TPSA) is 111 Å². The van der Waals surface area contributed by atoms with E-state index in [0.29, 0.717) is 10.5 Å². The summed E-state index contributed by atoms with van der Waals surface area (Å²) in [6.45, 7) is 1.51. The molecule has 0 spiro atoms. The van der Waals surface area contributed by atoms with Crippen LogP contribution >= 0.6 is 11.8 Å². The molecular weight excluding hydrogens is 296 g/mol. The number of amides is 1. The first kappa shape index (κ1) is 13.9. The van der Waals surface area contributed by atoms with Crippen molar-refractivity contribution in [2.45, 2.75) is 18.4 Å². The van der Waals surface area contributed by atoms with Crippen molar-refractivity contribution in [3.8, 4) is 0 Å². The fourth-order valence-electron chi connectivity index (χ4n) is 2.54. The van der Waals surface area contributed by atoms with Gasteiger partial charge in [-0.3, -0.25) is 14.5 Å². The highest BCUT2D eigenvalue weighted by Gasteiger charge is 2.57. The molecular formula is C13H12N2O5S. The Morgan fingerprint density at radius 2 is 2.14 bits per heavy atom. The van der Waals surface area contributed by atoms with Crippen LogP contribution in [0.3, 0.4) is 0 Å². The predicted molar refractivity (Wildman–Crippen MR) is 75.0 cm³/mol. The molecule has 0 unspecified atom stereocenters. The second kappa shape index (κ2) is 4.74. The average molecular weight is 308 g/mol. The summed E-state index contributed by atoms with van der Waals surface area (Å²) >= 11 is 1.22. The van der Waals surface area contributed by atoms with Crippen LogP contribution in [-0.4, -0.2) is 43.5 Å². The van der Waals surface area contributed by atoms with Gasteiger partial charge in [0.25, 0.3) is 0 Å². The van der Waals surface area contributed by atoms with E-state index in [4.69, 9.17) is 0 Å². The molecule has 1 saturated heterocycles. The number of nitrogens with one attached hydrogen (secondary N) is 1. The minimum Gasteiger partial charge on any atom is -0.477 e. The van der Waals surface area contributed by atoms with Gasteiger partial charge in [-0.25, -0.2) is 4.79 Å². The number of aliphatic hydroxyl groups excluding tert-OH is 1. The van der Waals surface area contributed by atoms with Crippen LogP contribution in [0.2, 0.25) is 0 Å². The molecule has 2 aliphatic heterocycles. The number of hydrogen-bond donors (Lipinski definition) is 3. The van der Waals surface area contributed by atoms with Crippen LogP contribution < -0.4 is 5.56 Å². The minimum atomic E-state index is -1.21. The van der Waals surface area contributed by atoms with E-state index < -0.39 is 23.4 Å². The number of carboxylic acid groups (broad SMARTS) is 1. The van der Waals surface area contributed by atoms with Crippen molar-refractivity contribution in [3.05, 3.63) is 39.9 Å². The molecule has 3 rings (SSSR count). The number of aromatic nitrogens is 1. The number of aromatic amines is 1. The second-order valence-electron chi connectivity index (χ2n) is 4.91. The Morgan fingerprint density at radius 3 is 2.67 bits per heavy atom. The summed E-state index contributed by atoms with van der Waals surface area (Å²) in [5, 5.41) is 18.6. The standard InChI is InChI=1S/C13H12N2O5S/c1-5(16)8-11(18)15-9(13(19)20)10(21-12(8)15)6-2-3-7(17)14-4-6/h2-5,8,12,16H,1H3,(H,14,17)(H,19,20)/t5-,8+,12-/m1/s1. The molecule has 3 atom stereocenters. The predicted octanol–water partition coefficient (Wildman–Crippen LogP) is 0.0402. The number of rotatable bonds is 3. The Labute approximate surface area is 123 Å². The summed E-state index contributed by atoms with van der Waals surface area (Å²) in [4.78, 5) is 38.7. The maximum absolute atomic E-state index is 12.0. The number of aliphatic carboxylic acids is 1. The van der Waals surface area contributed by atoms with Crippen molar-refractivity contribution in [3.63, 3.8) is 0 Å².